The van der Waals surface area contributed by atoms with Crippen molar-refractivity contribution in [3.63, 3.8) is 0 Å². The van der Waals surface area contributed by atoms with Crippen LogP contribution >= 0.6 is 0 Å². The zero-order valence-corrected chi connectivity index (χ0v) is 16.3. The first-order chi connectivity index (χ1) is 14.0. The van der Waals surface area contributed by atoms with Gasteiger partial charge in [0, 0.05) is 6.20 Å². The number of amides is 1. The first kappa shape index (κ1) is 20.1. The summed E-state index contributed by atoms with van der Waals surface area (Å²) in [5.74, 6) is 0.318. The van der Waals surface area contributed by atoms with Crippen molar-refractivity contribution in [3.05, 3.63) is 71.7 Å². The number of esters is 1. The van der Waals surface area contributed by atoms with Gasteiger partial charge in [0.2, 0.25) is 0 Å². The second-order valence-electron chi connectivity index (χ2n) is 6.33. The van der Waals surface area contributed by atoms with Gasteiger partial charge in [0.1, 0.15) is 17.9 Å². The van der Waals surface area contributed by atoms with Crippen LogP contribution in [0.15, 0.2) is 54.9 Å². The minimum atomic E-state index is -0.615. The van der Waals surface area contributed by atoms with E-state index in [1.54, 1.807) is 29.9 Å². The fraction of sp³-hybridized carbons (Fsp3) is 0.238. The number of carbonyl (C=O) groups is 2. The van der Waals surface area contributed by atoms with Crippen LogP contribution in [-0.4, -0.2) is 46.4 Å². The summed E-state index contributed by atoms with van der Waals surface area (Å²) in [5, 5.41) is 6.81. The van der Waals surface area contributed by atoms with Crippen molar-refractivity contribution in [1.29, 1.82) is 0 Å². The SMILES string of the molecule is Cc1cccc(OCCNC(=O)COC(=O)c2cnn(-c3ccccn3)c2C)c1. The lowest BCUT2D eigenvalue weighted by Crippen LogP contribution is -2.32. The molecule has 0 saturated heterocycles. The topological polar surface area (TPSA) is 95.3 Å². The monoisotopic (exact) mass is 394 g/mol. The number of pyridine rings is 1. The molecule has 0 aliphatic heterocycles. The summed E-state index contributed by atoms with van der Waals surface area (Å²) < 4.78 is 12.2. The van der Waals surface area contributed by atoms with E-state index in [0.717, 1.165) is 11.3 Å². The van der Waals surface area contributed by atoms with Crippen LogP contribution in [0.1, 0.15) is 21.6 Å². The van der Waals surface area contributed by atoms with Crippen molar-refractivity contribution in [2.24, 2.45) is 0 Å². The van der Waals surface area contributed by atoms with Gasteiger partial charge in [0.05, 0.1) is 18.4 Å². The van der Waals surface area contributed by atoms with Crippen LogP contribution in [0.4, 0.5) is 0 Å². The largest absolute Gasteiger partial charge is 0.492 e. The quantitative estimate of drug-likeness (QED) is 0.465. The van der Waals surface area contributed by atoms with Crippen LogP contribution in [0, 0.1) is 13.8 Å². The summed E-state index contributed by atoms with van der Waals surface area (Å²) in [7, 11) is 0. The van der Waals surface area contributed by atoms with Gasteiger partial charge >= 0.3 is 5.97 Å². The Hall–Kier alpha value is -3.68. The standard InChI is InChI=1S/C21H22N4O4/c1-15-6-5-7-17(12-15)28-11-10-23-20(26)14-29-21(27)18-13-24-25(16(18)2)19-8-3-4-9-22-19/h3-9,12-13H,10-11,14H2,1-2H3,(H,23,26). The highest BCUT2D eigenvalue weighted by atomic mass is 16.5. The lowest BCUT2D eigenvalue weighted by atomic mass is 10.2. The van der Waals surface area contributed by atoms with Crippen molar-refractivity contribution in [2.45, 2.75) is 13.8 Å². The van der Waals surface area contributed by atoms with E-state index < -0.39 is 11.9 Å². The van der Waals surface area contributed by atoms with Gasteiger partial charge in [-0.05, 0) is 43.7 Å². The predicted molar refractivity (Wildman–Crippen MR) is 106 cm³/mol. The van der Waals surface area contributed by atoms with E-state index in [1.165, 1.54) is 6.20 Å². The van der Waals surface area contributed by atoms with Crippen LogP contribution in [0.2, 0.25) is 0 Å². The molecule has 0 spiro atoms. The molecule has 29 heavy (non-hydrogen) atoms. The van der Waals surface area contributed by atoms with Crippen molar-refractivity contribution in [3.8, 4) is 11.6 Å². The van der Waals surface area contributed by atoms with E-state index in [1.807, 2.05) is 37.3 Å². The Morgan fingerprint density at radius 2 is 2.00 bits per heavy atom. The molecule has 8 nitrogen and oxygen atoms in total. The Bertz CT molecular complexity index is 985. The molecule has 1 N–H and O–H groups in total. The first-order valence-electron chi connectivity index (χ1n) is 9.14. The Balaban J connectivity index is 1.43. The van der Waals surface area contributed by atoms with Gasteiger partial charge < -0.3 is 14.8 Å². The molecule has 8 heteroatoms. The number of benzene rings is 1. The minimum absolute atomic E-state index is 0.284. The number of hydrogen-bond donors (Lipinski definition) is 1. The number of ether oxygens (including phenoxy) is 2. The maximum atomic E-state index is 12.3. The second-order valence-corrected chi connectivity index (χ2v) is 6.33. The molecule has 150 valence electrons. The Morgan fingerprint density at radius 3 is 2.76 bits per heavy atom. The van der Waals surface area contributed by atoms with Gasteiger partial charge in [-0.3, -0.25) is 4.79 Å². The molecule has 3 aromatic rings. The predicted octanol–water partition coefficient (Wildman–Crippen LogP) is 2.24. The van der Waals surface area contributed by atoms with Gasteiger partial charge in [0.15, 0.2) is 12.4 Å². The molecule has 0 unspecified atom stereocenters. The van der Waals surface area contributed by atoms with Gasteiger partial charge in [-0.15, -0.1) is 0 Å². The maximum absolute atomic E-state index is 12.3. The number of carbonyl (C=O) groups excluding carboxylic acids is 2. The van der Waals surface area contributed by atoms with Crippen LogP contribution in [0.25, 0.3) is 5.82 Å². The highest BCUT2D eigenvalue weighted by Gasteiger charge is 2.18. The van der Waals surface area contributed by atoms with Crippen molar-refractivity contribution < 1.29 is 19.1 Å². The van der Waals surface area contributed by atoms with E-state index in [9.17, 15) is 9.59 Å². The molecule has 0 saturated carbocycles. The number of nitrogens with one attached hydrogen (secondary N) is 1. The van der Waals surface area contributed by atoms with Crippen molar-refractivity contribution in [2.75, 3.05) is 19.8 Å². The van der Waals surface area contributed by atoms with E-state index in [-0.39, 0.29) is 12.2 Å². The Labute approximate surface area is 168 Å². The first-order valence-corrected chi connectivity index (χ1v) is 9.14. The molecule has 0 bridgehead atoms. The third-order valence-electron chi connectivity index (χ3n) is 4.11. The summed E-state index contributed by atoms with van der Waals surface area (Å²) in [6, 6.07) is 13.0. The number of aromatic nitrogens is 3. The zero-order chi connectivity index (χ0) is 20.6. The fourth-order valence-electron chi connectivity index (χ4n) is 2.64. The number of hydrogen-bond acceptors (Lipinski definition) is 6. The van der Waals surface area contributed by atoms with Crippen LogP contribution in [0.3, 0.4) is 0 Å². The average Bonchev–Trinajstić information content (AvgIpc) is 3.11. The average molecular weight is 394 g/mol. The molecule has 0 aliphatic rings. The highest BCUT2D eigenvalue weighted by molar-refractivity contribution is 5.92. The molecular formula is C21H22N4O4. The smallest absolute Gasteiger partial charge is 0.342 e. The van der Waals surface area contributed by atoms with Gasteiger partial charge in [-0.25, -0.2) is 14.5 Å². The lowest BCUT2D eigenvalue weighted by molar-refractivity contribution is -0.124. The number of rotatable bonds is 8. The second kappa shape index (κ2) is 9.50. The molecule has 2 heterocycles. The lowest BCUT2D eigenvalue weighted by Gasteiger charge is -2.09. The third kappa shape index (κ3) is 5.41. The zero-order valence-electron chi connectivity index (χ0n) is 16.3. The van der Waals surface area contributed by atoms with E-state index in [2.05, 4.69) is 15.4 Å². The van der Waals surface area contributed by atoms with Crippen LogP contribution in [0.5, 0.6) is 5.75 Å². The minimum Gasteiger partial charge on any atom is -0.492 e. The van der Waals surface area contributed by atoms with E-state index >= 15 is 0 Å². The molecule has 2 aromatic heterocycles. The summed E-state index contributed by atoms with van der Waals surface area (Å²) in [6.45, 7) is 3.96. The normalized spacial score (nSPS) is 10.4. The molecule has 0 aliphatic carbocycles. The van der Waals surface area contributed by atoms with E-state index in [0.29, 0.717) is 24.7 Å². The fourth-order valence-corrected chi connectivity index (χ4v) is 2.64. The molecule has 0 radical (unpaired) electrons. The highest BCUT2D eigenvalue weighted by Crippen LogP contribution is 2.13. The van der Waals surface area contributed by atoms with E-state index in [4.69, 9.17) is 9.47 Å². The van der Waals surface area contributed by atoms with Crippen molar-refractivity contribution in [1.82, 2.24) is 20.1 Å². The van der Waals surface area contributed by atoms with Gasteiger partial charge in [0.25, 0.3) is 5.91 Å². The molecule has 1 aromatic carbocycles. The molecule has 0 atom stereocenters. The molecule has 3 rings (SSSR count). The van der Waals surface area contributed by atoms with Crippen LogP contribution < -0.4 is 10.1 Å². The summed E-state index contributed by atoms with van der Waals surface area (Å²) in [4.78, 5) is 28.3. The molecular weight excluding hydrogens is 372 g/mol. The van der Waals surface area contributed by atoms with Gasteiger partial charge in [-0.1, -0.05) is 18.2 Å². The Kier molecular flexibility index (Phi) is 6.57. The summed E-state index contributed by atoms with van der Waals surface area (Å²) in [5.41, 5.74) is 1.96. The summed E-state index contributed by atoms with van der Waals surface area (Å²) in [6.07, 6.45) is 3.04. The van der Waals surface area contributed by atoms with Crippen molar-refractivity contribution >= 4 is 11.9 Å². The Morgan fingerprint density at radius 1 is 1.14 bits per heavy atom. The number of aryl methyl sites for hydroxylation is 1. The maximum Gasteiger partial charge on any atom is 0.342 e. The molecule has 1 amide bonds. The molecule has 0 fully saturated rings. The third-order valence-corrected chi connectivity index (χ3v) is 4.11. The van der Waals surface area contributed by atoms with Crippen LogP contribution in [-0.2, 0) is 9.53 Å². The van der Waals surface area contributed by atoms with Gasteiger partial charge in [-0.2, -0.15) is 5.10 Å². The number of nitrogens with zero attached hydrogens (tertiary/aromatic N) is 3. The summed E-state index contributed by atoms with van der Waals surface area (Å²) >= 11 is 0.